The first-order valence-corrected chi connectivity index (χ1v) is 16.8. The topological polar surface area (TPSA) is 298 Å². The number of nitrogens with one attached hydrogen (secondary N) is 5. The lowest BCUT2D eigenvalue weighted by molar-refractivity contribution is -0.144. The van der Waals surface area contributed by atoms with Crippen molar-refractivity contribution in [3.8, 4) is 0 Å². The second kappa shape index (κ2) is 21.4. The largest absolute Gasteiger partial charge is 0.481 e. The molecular formula is C28H49N9O9S2. The number of carboxylic acids is 1. The number of carbonyl (C=O) groups excluding carboxylic acids is 7. The standard InChI is InChI=1S/C28H49N9O9S2/c1-14(2)22(28(46)37-9-5-7-19(37)27(45)35-18(13-48)23(31)41)36-26(44)17(10-21(39)40)33-20(38)11-32-25(43)16(6-3-4-8-29)34-24(42)15(30)12-47/h14-19,22,47-48H,3-13,29-30H2,1-2H3,(H2,31,41)(H,32,43)(H,33,38)(H,34,42)(H,35,45)(H,36,44)(H,39,40)/t15-,16-,17-,18-,19-,22-/m0/s1. The zero-order valence-corrected chi connectivity index (χ0v) is 28.9. The number of carbonyl (C=O) groups is 8. The zero-order chi connectivity index (χ0) is 36.6. The number of thiol groups is 2. The Morgan fingerprint density at radius 3 is 2.08 bits per heavy atom. The van der Waals surface area contributed by atoms with Crippen molar-refractivity contribution in [1.29, 1.82) is 0 Å². The Labute approximate surface area is 290 Å². The van der Waals surface area contributed by atoms with E-state index >= 15 is 0 Å². The van der Waals surface area contributed by atoms with Crippen LogP contribution < -0.4 is 43.8 Å². The van der Waals surface area contributed by atoms with E-state index in [4.69, 9.17) is 17.2 Å². The van der Waals surface area contributed by atoms with Crippen LogP contribution in [0.4, 0.5) is 0 Å². The molecule has 1 saturated heterocycles. The van der Waals surface area contributed by atoms with E-state index in [1.807, 2.05) is 0 Å². The molecule has 1 heterocycles. The summed E-state index contributed by atoms with van der Waals surface area (Å²) >= 11 is 7.97. The predicted molar refractivity (Wildman–Crippen MR) is 180 cm³/mol. The van der Waals surface area contributed by atoms with Crippen LogP contribution in [-0.2, 0) is 38.4 Å². The molecule has 1 aliphatic rings. The third kappa shape index (κ3) is 13.9. The van der Waals surface area contributed by atoms with E-state index < -0.39 is 102 Å². The van der Waals surface area contributed by atoms with E-state index in [-0.39, 0.29) is 30.9 Å². The average molecular weight is 720 g/mol. The molecular weight excluding hydrogens is 670 g/mol. The van der Waals surface area contributed by atoms with Gasteiger partial charge in [0.2, 0.25) is 41.4 Å². The van der Waals surface area contributed by atoms with Gasteiger partial charge in [-0.05, 0) is 44.6 Å². The fraction of sp³-hybridized carbons (Fsp3) is 0.714. The lowest BCUT2D eigenvalue weighted by Gasteiger charge is -2.31. The third-order valence-corrected chi connectivity index (χ3v) is 8.24. The smallest absolute Gasteiger partial charge is 0.305 e. The molecule has 0 aromatic carbocycles. The van der Waals surface area contributed by atoms with Crippen LogP contribution in [0.1, 0.15) is 52.4 Å². The van der Waals surface area contributed by atoms with Gasteiger partial charge in [0.25, 0.3) is 0 Å². The van der Waals surface area contributed by atoms with Crippen molar-refractivity contribution in [3.05, 3.63) is 0 Å². The maximum atomic E-state index is 13.6. The van der Waals surface area contributed by atoms with Gasteiger partial charge in [0, 0.05) is 18.1 Å². The minimum atomic E-state index is -1.64. The van der Waals surface area contributed by atoms with Gasteiger partial charge in [-0.3, -0.25) is 38.4 Å². The Morgan fingerprint density at radius 2 is 1.54 bits per heavy atom. The highest BCUT2D eigenvalue weighted by Gasteiger charge is 2.40. The Kier molecular flexibility index (Phi) is 18.9. The van der Waals surface area contributed by atoms with Crippen molar-refractivity contribution in [2.75, 3.05) is 31.1 Å². The highest BCUT2D eigenvalue weighted by atomic mass is 32.1. The van der Waals surface area contributed by atoms with Crippen LogP contribution in [0.5, 0.6) is 0 Å². The number of hydrogen-bond acceptors (Lipinski definition) is 12. The molecule has 6 atom stereocenters. The van der Waals surface area contributed by atoms with E-state index in [1.54, 1.807) is 13.8 Å². The van der Waals surface area contributed by atoms with Crippen LogP contribution in [0.2, 0.25) is 0 Å². The monoisotopic (exact) mass is 719 g/mol. The molecule has 1 fully saturated rings. The summed E-state index contributed by atoms with van der Waals surface area (Å²) in [7, 11) is 0. The van der Waals surface area contributed by atoms with Crippen molar-refractivity contribution in [2.45, 2.75) is 88.6 Å². The second-order valence-corrected chi connectivity index (χ2v) is 12.4. The van der Waals surface area contributed by atoms with E-state index in [2.05, 4.69) is 51.8 Å². The summed E-state index contributed by atoms with van der Waals surface area (Å²) in [6.07, 6.45) is 1.16. The Morgan fingerprint density at radius 1 is 0.875 bits per heavy atom. The molecule has 7 amide bonds. The number of rotatable bonds is 21. The molecule has 18 nitrogen and oxygen atoms in total. The van der Waals surface area contributed by atoms with Crippen LogP contribution >= 0.6 is 25.3 Å². The Bertz CT molecular complexity index is 1180. The SMILES string of the molecule is CC(C)[C@H](NC(=O)[C@H](CC(=O)O)NC(=O)CNC(=O)[C@H](CCCCN)NC(=O)[C@@H](N)CS)C(=O)N1CCC[C@H]1C(=O)N[C@@H](CS)C(N)=O. The first-order valence-electron chi connectivity index (χ1n) is 15.5. The van der Waals surface area contributed by atoms with E-state index in [1.165, 1.54) is 4.90 Å². The van der Waals surface area contributed by atoms with Crippen molar-refractivity contribution in [3.63, 3.8) is 0 Å². The molecule has 20 heteroatoms. The molecule has 1 rings (SSSR count). The molecule has 0 radical (unpaired) electrons. The van der Waals surface area contributed by atoms with Gasteiger partial charge in [-0.25, -0.2) is 0 Å². The number of nitrogens with zero attached hydrogens (tertiary/aromatic N) is 1. The molecule has 0 aromatic heterocycles. The average Bonchev–Trinajstić information content (AvgIpc) is 3.53. The van der Waals surface area contributed by atoms with Gasteiger partial charge < -0.3 is 53.8 Å². The number of amides is 7. The summed E-state index contributed by atoms with van der Waals surface area (Å²) in [6, 6.07) is -6.88. The van der Waals surface area contributed by atoms with E-state index in [0.717, 1.165) is 0 Å². The summed E-state index contributed by atoms with van der Waals surface area (Å²) in [4.78, 5) is 102. The van der Waals surface area contributed by atoms with E-state index in [9.17, 15) is 43.5 Å². The molecule has 48 heavy (non-hydrogen) atoms. The highest BCUT2D eigenvalue weighted by Crippen LogP contribution is 2.21. The fourth-order valence-corrected chi connectivity index (χ4v) is 5.20. The molecule has 0 saturated carbocycles. The number of carboxylic acid groups (broad SMARTS) is 1. The van der Waals surface area contributed by atoms with Crippen molar-refractivity contribution in [2.24, 2.45) is 23.1 Å². The molecule has 1 aliphatic heterocycles. The van der Waals surface area contributed by atoms with Crippen molar-refractivity contribution < 1.29 is 43.5 Å². The Balaban J connectivity index is 2.99. The maximum absolute atomic E-state index is 13.6. The lowest BCUT2D eigenvalue weighted by atomic mass is 10.0. The van der Waals surface area contributed by atoms with Gasteiger partial charge in [-0.2, -0.15) is 25.3 Å². The van der Waals surface area contributed by atoms with Gasteiger partial charge in [-0.1, -0.05) is 13.8 Å². The highest BCUT2D eigenvalue weighted by molar-refractivity contribution is 7.80. The van der Waals surface area contributed by atoms with Gasteiger partial charge in [-0.15, -0.1) is 0 Å². The number of nitrogens with two attached hydrogens (primary N) is 3. The zero-order valence-electron chi connectivity index (χ0n) is 27.1. The normalized spacial score (nSPS) is 17.3. The number of aliphatic carboxylic acids is 1. The molecule has 12 N–H and O–H groups in total. The molecule has 0 bridgehead atoms. The van der Waals surface area contributed by atoms with Crippen molar-refractivity contribution >= 4 is 72.6 Å². The van der Waals surface area contributed by atoms with Crippen LogP contribution in [0.15, 0.2) is 0 Å². The van der Waals surface area contributed by atoms with Gasteiger partial charge in [0.05, 0.1) is 19.0 Å². The van der Waals surface area contributed by atoms with Crippen LogP contribution in [0.3, 0.4) is 0 Å². The third-order valence-electron chi connectivity index (χ3n) is 7.48. The predicted octanol–water partition coefficient (Wildman–Crippen LogP) is -4.04. The molecule has 272 valence electrons. The van der Waals surface area contributed by atoms with Crippen LogP contribution in [0, 0.1) is 5.92 Å². The second-order valence-electron chi connectivity index (χ2n) is 11.6. The maximum Gasteiger partial charge on any atom is 0.305 e. The molecule has 0 aliphatic carbocycles. The van der Waals surface area contributed by atoms with Gasteiger partial charge >= 0.3 is 5.97 Å². The van der Waals surface area contributed by atoms with Gasteiger partial charge in [0.15, 0.2) is 0 Å². The van der Waals surface area contributed by atoms with Crippen LogP contribution in [-0.4, -0.2) is 125 Å². The molecule has 0 aromatic rings. The number of likely N-dealkylation sites (tertiary alicyclic amines) is 1. The number of hydrogen-bond donors (Lipinski definition) is 11. The summed E-state index contributed by atoms with van der Waals surface area (Å²) in [6.45, 7) is 3.13. The Hall–Kier alpha value is -3.62. The fourth-order valence-electron chi connectivity index (χ4n) is 4.77. The summed E-state index contributed by atoms with van der Waals surface area (Å²) < 4.78 is 0. The first-order chi connectivity index (χ1) is 22.6. The molecule has 0 unspecified atom stereocenters. The summed E-state index contributed by atoms with van der Waals surface area (Å²) in [5.41, 5.74) is 16.5. The minimum Gasteiger partial charge on any atom is -0.481 e. The first kappa shape index (κ1) is 42.4. The quantitative estimate of drug-likeness (QED) is 0.0401. The van der Waals surface area contributed by atoms with Gasteiger partial charge in [0.1, 0.15) is 30.2 Å². The van der Waals surface area contributed by atoms with E-state index in [0.29, 0.717) is 25.8 Å². The van der Waals surface area contributed by atoms with Crippen molar-refractivity contribution in [1.82, 2.24) is 31.5 Å². The minimum absolute atomic E-state index is 0.0312. The number of unbranched alkanes of at least 4 members (excludes halogenated alkanes) is 1. The number of primary amides is 1. The summed E-state index contributed by atoms with van der Waals surface area (Å²) in [5.74, 6) is -7.24. The summed E-state index contributed by atoms with van der Waals surface area (Å²) in [5, 5.41) is 21.5. The molecule has 0 spiro atoms. The van der Waals surface area contributed by atoms with Crippen LogP contribution in [0.25, 0.3) is 0 Å². The lowest BCUT2D eigenvalue weighted by Crippen LogP contribution is -2.59.